The van der Waals surface area contributed by atoms with Gasteiger partial charge in [0, 0.05) is 38.8 Å². The third-order valence-electron chi connectivity index (χ3n) is 8.45. The van der Waals surface area contributed by atoms with Crippen molar-refractivity contribution in [3.63, 3.8) is 0 Å². The molecule has 1 spiro atoms. The van der Waals surface area contributed by atoms with Crippen LogP contribution in [-0.4, -0.2) is 84.7 Å². The summed E-state index contributed by atoms with van der Waals surface area (Å²) in [5.74, 6) is 0.171. The normalized spacial score (nSPS) is 25.3. The Hall–Kier alpha value is -3.88. The number of nitrogens with zero attached hydrogens (tertiary/aromatic N) is 4. The van der Waals surface area contributed by atoms with Gasteiger partial charge >= 0.3 is 0 Å². The van der Waals surface area contributed by atoms with Crippen LogP contribution in [-0.2, 0) is 24.6 Å². The van der Waals surface area contributed by atoms with Crippen molar-refractivity contribution in [1.29, 1.82) is 0 Å². The molecule has 4 bridgehead atoms. The Morgan fingerprint density at radius 1 is 1.00 bits per heavy atom. The summed E-state index contributed by atoms with van der Waals surface area (Å²) in [6, 6.07) is 14.7. The summed E-state index contributed by atoms with van der Waals surface area (Å²) < 4.78 is 6.02. The molecule has 0 aromatic heterocycles. The van der Waals surface area contributed by atoms with Crippen LogP contribution in [0.2, 0.25) is 0 Å². The average molecular weight is 517 g/mol. The van der Waals surface area contributed by atoms with E-state index in [1.54, 1.807) is 26.6 Å². The predicted molar refractivity (Wildman–Crippen MR) is 140 cm³/mol. The molecule has 0 aliphatic carbocycles. The van der Waals surface area contributed by atoms with Crippen molar-refractivity contribution in [2.45, 2.75) is 37.1 Å². The number of benzene rings is 2. The number of carbonyl (C=O) groups is 4. The third-order valence-corrected chi connectivity index (χ3v) is 8.45. The number of fused-ring (bicyclic) bond motifs is 6. The fraction of sp³-hybridized carbons (Fsp3) is 0.448. The Morgan fingerprint density at radius 3 is 2.66 bits per heavy atom. The first-order valence-electron chi connectivity index (χ1n) is 13.4. The van der Waals surface area contributed by atoms with E-state index >= 15 is 0 Å². The molecule has 2 atom stereocenters. The molecule has 4 heterocycles. The molecule has 6 rings (SSSR count). The van der Waals surface area contributed by atoms with Crippen molar-refractivity contribution in [1.82, 2.24) is 14.7 Å². The minimum atomic E-state index is -1.04. The van der Waals surface area contributed by atoms with Gasteiger partial charge in [-0.15, -0.1) is 0 Å². The smallest absolute Gasteiger partial charge is 0.242 e. The van der Waals surface area contributed by atoms with Gasteiger partial charge in [0.15, 0.2) is 0 Å². The van der Waals surface area contributed by atoms with E-state index in [-0.39, 0.29) is 36.7 Å². The molecule has 2 aromatic carbocycles. The van der Waals surface area contributed by atoms with E-state index in [1.807, 2.05) is 48.5 Å². The Labute approximate surface area is 221 Å². The van der Waals surface area contributed by atoms with Crippen LogP contribution in [0.15, 0.2) is 48.5 Å². The van der Waals surface area contributed by atoms with Crippen LogP contribution in [0, 0.1) is 0 Å². The van der Waals surface area contributed by atoms with Gasteiger partial charge < -0.3 is 24.3 Å². The van der Waals surface area contributed by atoms with Gasteiger partial charge in [0.25, 0.3) is 0 Å². The summed E-state index contributed by atoms with van der Waals surface area (Å²) in [6.45, 7) is 1.86. The van der Waals surface area contributed by atoms with Crippen LogP contribution in [0.3, 0.4) is 0 Å². The van der Waals surface area contributed by atoms with Crippen molar-refractivity contribution in [2.75, 3.05) is 51.3 Å². The number of ether oxygens (including phenoxy) is 1. The van der Waals surface area contributed by atoms with Gasteiger partial charge in [-0.25, -0.2) is 0 Å². The highest BCUT2D eigenvalue weighted by Gasteiger charge is 2.61. The van der Waals surface area contributed by atoms with Crippen molar-refractivity contribution in [3.05, 3.63) is 59.7 Å². The second kappa shape index (κ2) is 9.45. The van der Waals surface area contributed by atoms with E-state index in [1.165, 1.54) is 0 Å². The zero-order chi connectivity index (χ0) is 26.4. The van der Waals surface area contributed by atoms with Gasteiger partial charge in [0.1, 0.15) is 17.7 Å². The largest absolute Gasteiger partial charge is 0.494 e. The standard InChI is InChI=1S/C29H32N4O5/c1-30-13-6-16-38-21-8-4-7-20(17-21)27-29(12-15-32(27)26(36)18-31-14-5-11-24(31)34)22-9-2-3-10-23(22)33(28(29)37)19-25(30)35/h2-4,7-10,17,27H,5-6,11-16,18-19H2,1H3/t27-,29+/m0/s1. The van der Waals surface area contributed by atoms with E-state index in [4.69, 9.17) is 4.74 Å². The predicted octanol–water partition coefficient (Wildman–Crippen LogP) is 2.11. The summed E-state index contributed by atoms with van der Waals surface area (Å²) >= 11 is 0. The van der Waals surface area contributed by atoms with E-state index in [0.29, 0.717) is 51.3 Å². The summed E-state index contributed by atoms with van der Waals surface area (Å²) in [6.07, 6.45) is 2.29. The maximum Gasteiger partial charge on any atom is 0.242 e. The van der Waals surface area contributed by atoms with Crippen molar-refractivity contribution >= 4 is 29.3 Å². The molecule has 4 amide bonds. The van der Waals surface area contributed by atoms with Crippen molar-refractivity contribution < 1.29 is 23.9 Å². The van der Waals surface area contributed by atoms with Gasteiger partial charge in [0.05, 0.1) is 19.2 Å². The molecular formula is C29H32N4O5. The van der Waals surface area contributed by atoms with Gasteiger partial charge in [-0.1, -0.05) is 30.3 Å². The molecule has 38 heavy (non-hydrogen) atoms. The lowest BCUT2D eigenvalue weighted by molar-refractivity contribution is -0.140. The van der Waals surface area contributed by atoms with Gasteiger partial charge in [-0.05, 0) is 48.6 Å². The highest BCUT2D eigenvalue weighted by atomic mass is 16.5. The molecule has 0 saturated carbocycles. The van der Waals surface area contributed by atoms with E-state index < -0.39 is 11.5 Å². The fourth-order valence-corrected chi connectivity index (χ4v) is 6.55. The second-order valence-electron chi connectivity index (χ2n) is 10.6. The van der Waals surface area contributed by atoms with Crippen molar-refractivity contribution in [2.24, 2.45) is 0 Å². The third kappa shape index (κ3) is 3.83. The molecule has 0 radical (unpaired) electrons. The highest BCUT2D eigenvalue weighted by Crippen LogP contribution is 2.56. The zero-order valence-corrected chi connectivity index (χ0v) is 21.6. The Morgan fingerprint density at radius 2 is 1.84 bits per heavy atom. The molecule has 2 aromatic rings. The highest BCUT2D eigenvalue weighted by molar-refractivity contribution is 6.12. The number of anilines is 1. The molecule has 9 heteroatoms. The number of para-hydroxylation sites is 1. The minimum absolute atomic E-state index is 0.00440. The monoisotopic (exact) mass is 516 g/mol. The molecule has 4 aliphatic heterocycles. The summed E-state index contributed by atoms with van der Waals surface area (Å²) in [5, 5.41) is 0. The quantitative estimate of drug-likeness (QED) is 0.610. The molecule has 198 valence electrons. The molecule has 4 aliphatic rings. The lowest BCUT2D eigenvalue weighted by Crippen LogP contribution is -2.49. The van der Waals surface area contributed by atoms with Crippen LogP contribution in [0.1, 0.15) is 42.9 Å². The van der Waals surface area contributed by atoms with E-state index in [0.717, 1.165) is 23.2 Å². The maximum absolute atomic E-state index is 14.5. The molecule has 0 N–H and O–H groups in total. The number of rotatable bonds is 2. The number of amides is 4. The second-order valence-corrected chi connectivity index (χ2v) is 10.6. The first kappa shape index (κ1) is 24.5. The Kier molecular flexibility index (Phi) is 6.08. The van der Waals surface area contributed by atoms with E-state index in [2.05, 4.69) is 0 Å². The number of likely N-dealkylation sites (N-methyl/N-ethyl adjacent to an activating group) is 1. The SMILES string of the molecule is CN1CCCOc2cccc(c2)[C@@H]2N(C(=O)CN3CCCC3=O)CC[C@]23C(=O)N(CC1=O)c1ccccc13. The Bertz CT molecular complexity index is 1310. The van der Waals surface area contributed by atoms with Crippen LogP contribution in [0.5, 0.6) is 5.75 Å². The van der Waals surface area contributed by atoms with Crippen LogP contribution in [0.25, 0.3) is 0 Å². The topological polar surface area (TPSA) is 90.5 Å². The average Bonchev–Trinajstić information content (AvgIpc) is 3.58. The number of carbonyl (C=O) groups excluding carboxylic acids is 4. The minimum Gasteiger partial charge on any atom is -0.494 e. The van der Waals surface area contributed by atoms with Crippen LogP contribution < -0.4 is 9.64 Å². The van der Waals surface area contributed by atoms with Crippen LogP contribution in [0.4, 0.5) is 5.69 Å². The lowest BCUT2D eigenvalue weighted by Gasteiger charge is -2.36. The summed E-state index contributed by atoms with van der Waals surface area (Å²) in [7, 11) is 1.75. The van der Waals surface area contributed by atoms with Gasteiger partial charge in [0.2, 0.25) is 23.6 Å². The van der Waals surface area contributed by atoms with Gasteiger partial charge in [-0.2, -0.15) is 0 Å². The molecule has 9 nitrogen and oxygen atoms in total. The van der Waals surface area contributed by atoms with E-state index in [9.17, 15) is 19.2 Å². The van der Waals surface area contributed by atoms with Crippen molar-refractivity contribution in [3.8, 4) is 5.75 Å². The maximum atomic E-state index is 14.5. The number of hydrogen-bond donors (Lipinski definition) is 0. The fourth-order valence-electron chi connectivity index (χ4n) is 6.55. The lowest BCUT2D eigenvalue weighted by atomic mass is 9.72. The van der Waals surface area contributed by atoms with Crippen LogP contribution >= 0.6 is 0 Å². The molecular weight excluding hydrogens is 484 g/mol. The molecule has 2 fully saturated rings. The Balaban J connectivity index is 1.48. The molecule has 0 unspecified atom stereocenters. The zero-order valence-electron chi connectivity index (χ0n) is 21.6. The summed E-state index contributed by atoms with van der Waals surface area (Å²) in [4.78, 5) is 60.3. The number of likely N-dealkylation sites (tertiary alicyclic amines) is 2. The number of hydrogen-bond acceptors (Lipinski definition) is 5. The summed E-state index contributed by atoms with van der Waals surface area (Å²) in [5.41, 5.74) is 1.32. The first-order valence-corrected chi connectivity index (χ1v) is 13.4. The first-order chi connectivity index (χ1) is 18.4. The van der Waals surface area contributed by atoms with Gasteiger partial charge in [-0.3, -0.25) is 19.2 Å². The molecule has 2 saturated heterocycles.